The Balaban J connectivity index is 2.32. The normalized spacial score (nSPS) is 14.2. The lowest BCUT2D eigenvalue weighted by Gasteiger charge is -2.00. The van der Waals surface area contributed by atoms with Crippen molar-refractivity contribution in [3.05, 3.63) is 35.9 Å². The standard InChI is InChI=1S/C10H12O2/c1-9(11)12-8-7-10-5-3-2-4-6-10/h2-6H,7-8H2,1H3/i1D3. The SMILES string of the molecule is [2H]C([2H])([2H])C(=O)OCCc1ccccc1. The average Bonchev–Trinajstić information content (AvgIpc) is 2.18. The van der Waals surface area contributed by atoms with Crippen molar-refractivity contribution in [1.29, 1.82) is 0 Å². The van der Waals surface area contributed by atoms with Crippen LogP contribution in [0.5, 0.6) is 0 Å². The van der Waals surface area contributed by atoms with Gasteiger partial charge in [0.05, 0.1) is 6.61 Å². The zero-order chi connectivity index (χ0) is 11.3. The molecule has 2 nitrogen and oxygen atoms in total. The lowest BCUT2D eigenvalue weighted by molar-refractivity contribution is -0.140. The Labute approximate surface area is 76.4 Å². The second-order valence-electron chi connectivity index (χ2n) is 2.37. The van der Waals surface area contributed by atoms with Gasteiger partial charge >= 0.3 is 5.97 Å². The molecular weight excluding hydrogens is 152 g/mol. The number of ether oxygens (including phenoxy) is 1. The minimum Gasteiger partial charge on any atom is -0.466 e. The van der Waals surface area contributed by atoms with E-state index in [1.165, 1.54) is 0 Å². The quantitative estimate of drug-likeness (QED) is 0.641. The third-order valence-electron chi connectivity index (χ3n) is 1.47. The van der Waals surface area contributed by atoms with Gasteiger partial charge in [0.25, 0.3) is 0 Å². The molecule has 1 rings (SSSR count). The average molecular weight is 167 g/mol. The fourth-order valence-corrected chi connectivity index (χ4v) is 0.906. The highest BCUT2D eigenvalue weighted by Crippen LogP contribution is 1.99. The summed E-state index contributed by atoms with van der Waals surface area (Å²) < 4.78 is 24.9. The Hall–Kier alpha value is -1.31. The maximum Gasteiger partial charge on any atom is 0.302 e. The van der Waals surface area contributed by atoms with E-state index in [0.717, 1.165) is 5.56 Å². The first kappa shape index (κ1) is 5.36. The van der Waals surface area contributed by atoms with Crippen LogP contribution >= 0.6 is 0 Å². The number of hydrogen-bond acceptors (Lipinski definition) is 2. The van der Waals surface area contributed by atoms with Gasteiger partial charge in [-0.2, -0.15) is 0 Å². The van der Waals surface area contributed by atoms with Crippen LogP contribution in [0.4, 0.5) is 0 Å². The van der Waals surface area contributed by atoms with Gasteiger partial charge < -0.3 is 4.74 Å². The van der Waals surface area contributed by atoms with Crippen molar-refractivity contribution in [1.82, 2.24) is 0 Å². The molecule has 0 aliphatic heterocycles. The molecule has 0 N–H and O–H groups in total. The third kappa shape index (κ3) is 3.19. The zero-order valence-electron chi connectivity index (χ0n) is 9.62. The molecule has 0 amide bonds. The predicted molar refractivity (Wildman–Crippen MR) is 46.8 cm³/mol. The minimum absolute atomic E-state index is 0.0984. The van der Waals surface area contributed by atoms with Crippen LogP contribution in [-0.2, 0) is 16.0 Å². The Bertz CT molecular complexity index is 319. The molecule has 0 heterocycles. The fourth-order valence-electron chi connectivity index (χ4n) is 0.906. The van der Waals surface area contributed by atoms with E-state index < -0.39 is 12.8 Å². The van der Waals surface area contributed by atoms with Gasteiger partial charge in [-0.3, -0.25) is 4.79 Å². The van der Waals surface area contributed by atoms with Crippen molar-refractivity contribution in [2.45, 2.75) is 13.3 Å². The number of esters is 1. The molecule has 0 unspecified atom stereocenters. The van der Waals surface area contributed by atoms with E-state index in [2.05, 4.69) is 4.74 Å². The summed E-state index contributed by atoms with van der Waals surface area (Å²) in [5.74, 6) is -1.14. The maximum atomic E-state index is 10.9. The molecule has 0 bridgehead atoms. The van der Waals surface area contributed by atoms with Crippen molar-refractivity contribution in [2.75, 3.05) is 6.61 Å². The van der Waals surface area contributed by atoms with E-state index in [1.54, 1.807) is 0 Å². The molecule has 0 aliphatic rings. The van der Waals surface area contributed by atoms with Gasteiger partial charge in [0.15, 0.2) is 0 Å². The minimum atomic E-state index is -2.66. The van der Waals surface area contributed by atoms with Crippen LogP contribution in [0.25, 0.3) is 0 Å². The van der Waals surface area contributed by atoms with E-state index in [0.29, 0.717) is 6.42 Å². The van der Waals surface area contributed by atoms with Crippen LogP contribution in [-0.4, -0.2) is 12.6 Å². The fraction of sp³-hybridized carbons (Fsp3) is 0.300. The summed E-state index contributed by atoms with van der Waals surface area (Å²) in [4.78, 5) is 10.9. The summed E-state index contributed by atoms with van der Waals surface area (Å²) in [6, 6.07) is 9.42. The molecular formula is C10H12O2. The van der Waals surface area contributed by atoms with Crippen molar-refractivity contribution >= 4 is 5.97 Å². The highest BCUT2D eigenvalue weighted by Gasteiger charge is 1.93. The molecule has 0 atom stereocenters. The topological polar surface area (TPSA) is 26.3 Å². The second-order valence-corrected chi connectivity index (χ2v) is 2.37. The number of hydrogen-bond donors (Lipinski definition) is 0. The first-order chi connectivity index (χ1) is 7.00. The van der Waals surface area contributed by atoms with Gasteiger partial charge in [-0.05, 0) is 5.56 Å². The van der Waals surface area contributed by atoms with Gasteiger partial charge in [0, 0.05) is 17.4 Å². The molecule has 1 aromatic carbocycles. The van der Waals surface area contributed by atoms with E-state index in [1.807, 2.05) is 30.3 Å². The van der Waals surface area contributed by atoms with Gasteiger partial charge in [0.1, 0.15) is 0 Å². The summed E-state index contributed by atoms with van der Waals surface area (Å²) in [5.41, 5.74) is 1.01. The van der Waals surface area contributed by atoms with Crippen LogP contribution in [0.1, 0.15) is 16.5 Å². The van der Waals surface area contributed by atoms with Gasteiger partial charge in [-0.1, -0.05) is 30.3 Å². The van der Waals surface area contributed by atoms with Gasteiger partial charge in [0.2, 0.25) is 0 Å². The summed E-state index contributed by atoms with van der Waals surface area (Å²) in [6.07, 6.45) is 0.530. The zero-order valence-corrected chi connectivity index (χ0v) is 6.62. The predicted octanol–water partition coefficient (Wildman–Crippen LogP) is 1.79. The van der Waals surface area contributed by atoms with Crippen molar-refractivity contribution in [3.63, 3.8) is 0 Å². The van der Waals surface area contributed by atoms with Crippen LogP contribution in [0, 0.1) is 0 Å². The van der Waals surface area contributed by atoms with Crippen molar-refractivity contribution in [3.8, 4) is 0 Å². The summed E-state index contributed by atoms with van der Waals surface area (Å²) in [7, 11) is 0. The molecule has 0 aromatic heterocycles. The molecule has 0 spiro atoms. The summed E-state index contributed by atoms with van der Waals surface area (Å²) in [6.45, 7) is -2.56. The first-order valence-electron chi connectivity index (χ1n) is 5.21. The summed E-state index contributed by atoms with van der Waals surface area (Å²) in [5, 5.41) is 0. The molecule has 2 heteroatoms. The third-order valence-corrected chi connectivity index (χ3v) is 1.47. The highest BCUT2D eigenvalue weighted by atomic mass is 16.5. The van der Waals surface area contributed by atoms with Crippen LogP contribution in [0.15, 0.2) is 30.3 Å². The highest BCUT2D eigenvalue weighted by molar-refractivity contribution is 5.65. The Morgan fingerprint density at radius 3 is 2.92 bits per heavy atom. The van der Waals surface area contributed by atoms with Crippen molar-refractivity contribution < 1.29 is 13.6 Å². The molecule has 12 heavy (non-hydrogen) atoms. The van der Waals surface area contributed by atoms with E-state index in [4.69, 9.17) is 4.11 Å². The number of carbonyl (C=O) groups is 1. The number of benzene rings is 1. The van der Waals surface area contributed by atoms with Gasteiger partial charge in [-0.15, -0.1) is 0 Å². The second kappa shape index (κ2) is 4.54. The number of rotatable bonds is 3. The molecule has 0 fully saturated rings. The first-order valence-corrected chi connectivity index (χ1v) is 3.71. The lowest BCUT2D eigenvalue weighted by atomic mass is 10.2. The largest absolute Gasteiger partial charge is 0.466 e. The molecule has 0 saturated carbocycles. The smallest absolute Gasteiger partial charge is 0.302 e. The Morgan fingerprint density at radius 2 is 2.25 bits per heavy atom. The molecule has 0 aliphatic carbocycles. The molecule has 64 valence electrons. The molecule has 0 saturated heterocycles. The molecule has 0 radical (unpaired) electrons. The van der Waals surface area contributed by atoms with E-state index in [-0.39, 0.29) is 6.61 Å². The molecule has 1 aromatic rings. The van der Waals surface area contributed by atoms with E-state index in [9.17, 15) is 4.79 Å². The Morgan fingerprint density at radius 1 is 1.50 bits per heavy atom. The Kier molecular flexibility index (Phi) is 2.03. The van der Waals surface area contributed by atoms with Gasteiger partial charge in [-0.25, -0.2) is 0 Å². The summed E-state index contributed by atoms with van der Waals surface area (Å²) >= 11 is 0. The monoisotopic (exact) mass is 167 g/mol. The van der Waals surface area contributed by atoms with Crippen LogP contribution in [0.3, 0.4) is 0 Å². The maximum absolute atomic E-state index is 10.9. The van der Waals surface area contributed by atoms with E-state index >= 15 is 0 Å². The number of carbonyl (C=O) groups excluding carboxylic acids is 1. The van der Waals surface area contributed by atoms with Crippen molar-refractivity contribution in [2.24, 2.45) is 0 Å². The lowest BCUT2D eigenvalue weighted by Crippen LogP contribution is -2.02. The van der Waals surface area contributed by atoms with Crippen LogP contribution in [0.2, 0.25) is 0 Å². The van der Waals surface area contributed by atoms with Crippen LogP contribution < -0.4 is 0 Å².